The van der Waals surface area contributed by atoms with E-state index in [4.69, 9.17) is 10.6 Å². The Morgan fingerprint density at radius 2 is 2.31 bits per heavy atom. The molecule has 0 bridgehead atoms. The van der Waals surface area contributed by atoms with Crippen molar-refractivity contribution in [2.24, 2.45) is 5.11 Å². The van der Waals surface area contributed by atoms with E-state index in [1.54, 1.807) is 19.1 Å². The molecule has 1 aromatic rings. The number of nitrogens with one attached hydrogen (secondary N) is 1. The van der Waals surface area contributed by atoms with Gasteiger partial charge in [0.05, 0.1) is 11.6 Å². The quantitative estimate of drug-likeness (QED) is 0.697. The van der Waals surface area contributed by atoms with Crippen LogP contribution in [0.2, 0.25) is 0 Å². The summed E-state index contributed by atoms with van der Waals surface area (Å²) >= 11 is 0. The van der Waals surface area contributed by atoms with Crippen LogP contribution in [0.25, 0.3) is 0 Å². The molecule has 0 radical (unpaired) electrons. The van der Waals surface area contributed by atoms with Crippen LogP contribution in [0, 0.1) is 5.53 Å². The summed E-state index contributed by atoms with van der Waals surface area (Å²) in [6.07, 6.45) is 0. The van der Waals surface area contributed by atoms with Crippen molar-refractivity contribution in [2.45, 2.75) is 13.0 Å². The molecule has 1 rings (SSSR count). The Hall–Kier alpha value is -1.71. The molecule has 68 valence electrons. The largest absolute Gasteiger partial charge is 0.478 e. The molecule has 0 amide bonds. The summed E-state index contributed by atoms with van der Waals surface area (Å²) in [5.74, 6) is -0.959. The number of carbonyl (C=O) groups is 1. The van der Waals surface area contributed by atoms with Crippen LogP contribution >= 0.6 is 0 Å². The third-order valence-electron chi connectivity index (χ3n) is 1.81. The first-order valence-corrected chi connectivity index (χ1v) is 3.85. The normalized spacial score (nSPS) is 12.1. The van der Waals surface area contributed by atoms with Crippen molar-refractivity contribution in [1.82, 2.24) is 0 Å². The van der Waals surface area contributed by atoms with Gasteiger partial charge >= 0.3 is 5.97 Å². The second-order valence-electron chi connectivity index (χ2n) is 2.74. The minimum absolute atomic E-state index is 0.230. The molecule has 1 atom stereocenters. The van der Waals surface area contributed by atoms with E-state index in [-0.39, 0.29) is 11.6 Å². The van der Waals surface area contributed by atoms with Crippen LogP contribution in [-0.2, 0) is 0 Å². The maximum absolute atomic E-state index is 10.6. The van der Waals surface area contributed by atoms with E-state index in [1.165, 1.54) is 12.1 Å². The van der Waals surface area contributed by atoms with Gasteiger partial charge in [0, 0.05) is 0 Å². The van der Waals surface area contributed by atoms with Crippen LogP contribution < -0.4 is 0 Å². The van der Waals surface area contributed by atoms with Gasteiger partial charge in [0.15, 0.2) is 0 Å². The van der Waals surface area contributed by atoms with Gasteiger partial charge in [-0.05, 0) is 24.6 Å². The fourth-order valence-corrected chi connectivity index (χ4v) is 1.01. The number of benzene rings is 1. The zero-order valence-electron chi connectivity index (χ0n) is 7.19. The molecule has 0 heterocycles. The molecule has 4 heteroatoms. The van der Waals surface area contributed by atoms with Crippen molar-refractivity contribution in [3.05, 3.63) is 35.4 Å². The van der Waals surface area contributed by atoms with Crippen molar-refractivity contribution in [1.29, 1.82) is 5.53 Å². The van der Waals surface area contributed by atoms with E-state index in [0.29, 0.717) is 0 Å². The van der Waals surface area contributed by atoms with Crippen molar-refractivity contribution < 1.29 is 9.90 Å². The number of hydrogen-bond acceptors (Lipinski definition) is 3. The SMILES string of the molecule is CC(N=N)c1cccc(C(=O)O)c1. The highest BCUT2D eigenvalue weighted by atomic mass is 16.4. The number of carboxylic acids is 1. The van der Waals surface area contributed by atoms with E-state index >= 15 is 0 Å². The Kier molecular flexibility index (Phi) is 2.74. The predicted octanol–water partition coefficient (Wildman–Crippen LogP) is 2.48. The van der Waals surface area contributed by atoms with E-state index in [0.717, 1.165) is 5.56 Å². The van der Waals surface area contributed by atoms with Crippen molar-refractivity contribution >= 4 is 5.97 Å². The molecule has 2 N–H and O–H groups in total. The molecule has 1 unspecified atom stereocenters. The lowest BCUT2D eigenvalue weighted by Gasteiger charge is -2.04. The highest BCUT2D eigenvalue weighted by molar-refractivity contribution is 5.87. The van der Waals surface area contributed by atoms with Gasteiger partial charge in [-0.3, -0.25) is 0 Å². The lowest BCUT2D eigenvalue weighted by molar-refractivity contribution is 0.0696. The third kappa shape index (κ3) is 2.11. The standard InChI is InChI=1S/C9H10N2O2/c1-6(11-10)7-3-2-4-8(5-7)9(12)13/h2-6,10H,1H3,(H,12,13). The number of rotatable bonds is 3. The molecule has 4 nitrogen and oxygen atoms in total. The molecule has 0 spiro atoms. The van der Waals surface area contributed by atoms with Gasteiger partial charge < -0.3 is 5.11 Å². The molecule has 13 heavy (non-hydrogen) atoms. The average Bonchev–Trinajstić information content (AvgIpc) is 2.17. The van der Waals surface area contributed by atoms with Gasteiger partial charge in [-0.2, -0.15) is 5.11 Å². The molecular formula is C9H10N2O2. The van der Waals surface area contributed by atoms with Gasteiger partial charge in [-0.1, -0.05) is 12.1 Å². The first-order chi connectivity index (χ1) is 6.15. The molecule has 0 aliphatic carbocycles. The summed E-state index contributed by atoms with van der Waals surface area (Å²) in [6.45, 7) is 1.74. The molecule has 0 aliphatic rings. The van der Waals surface area contributed by atoms with Crippen molar-refractivity contribution in [3.63, 3.8) is 0 Å². The van der Waals surface area contributed by atoms with Gasteiger partial charge in [-0.15, -0.1) is 0 Å². The lowest BCUT2D eigenvalue weighted by Crippen LogP contribution is -1.98. The highest BCUT2D eigenvalue weighted by Crippen LogP contribution is 2.17. The van der Waals surface area contributed by atoms with Crippen molar-refractivity contribution in [2.75, 3.05) is 0 Å². The third-order valence-corrected chi connectivity index (χ3v) is 1.81. The molecular weight excluding hydrogens is 168 g/mol. The summed E-state index contributed by atoms with van der Waals surface area (Å²) in [7, 11) is 0. The average molecular weight is 178 g/mol. The highest BCUT2D eigenvalue weighted by Gasteiger charge is 2.07. The van der Waals surface area contributed by atoms with Crippen molar-refractivity contribution in [3.8, 4) is 0 Å². The Bertz CT molecular complexity index is 336. The monoisotopic (exact) mass is 178 g/mol. The van der Waals surface area contributed by atoms with Crippen LogP contribution in [0.15, 0.2) is 29.4 Å². The minimum Gasteiger partial charge on any atom is -0.478 e. The fourth-order valence-electron chi connectivity index (χ4n) is 1.01. The summed E-state index contributed by atoms with van der Waals surface area (Å²) < 4.78 is 0. The first kappa shape index (κ1) is 9.38. The Balaban J connectivity index is 3.04. The van der Waals surface area contributed by atoms with E-state index in [1.807, 2.05) is 0 Å². The summed E-state index contributed by atoms with van der Waals surface area (Å²) in [5.41, 5.74) is 7.78. The Morgan fingerprint density at radius 1 is 1.62 bits per heavy atom. The number of carboxylic acid groups (broad SMARTS) is 1. The molecule has 0 saturated carbocycles. The number of nitrogens with zero attached hydrogens (tertiary/aromatic N) is 1. The molecule has 0 aliphatic heterocycles. The topological polar surface area (TPSA) is 73.5 Å². The fraction of sp³-hybridized carbons (Fsp3) is 0.222. The van der Waals surface area contributed by atoms with Crippen LogP contribution in [0.4, 0.5) is 0 Å². The predicted molar refractivity (Wildman–Crippen MR) is 47.0 cm³/mol. The second-order valence-corrected chi connectivity index (χ2v) is 2.74. The second kappa shape index (κ2) is 3.80. The van der Waals surface area contributed by atoms with E-state index in [2.05, 4.69) is 5.11 Å². The van der Waals surface area contributed by atoms with Gasteiger partial charge in [0.2, 0.25) is 0 Å². The zero-order chi connectivity index (χ0) is 9.84. The Morgan fingerprint density at radius 3 is 2.85 bits per heavy atom. The number of hydrogen-bond donors (Lipinski definition) is 2. The molecule has 0 saturated heterocycles. The van der Waals surface area contributed by atoms with Crippen LogP contribution in [-0.4, -0.2) is 11.1 Å². The zero-order valence-corrected chi connectivity index (χ0v) is 7.19. The smallest absolute Gasteiger partial charge is 0.335 e. The van der Waals surface area contributed by atoms with Crippen LogP contribution in [0.5, 0.6) is 0 Å². The molecule has 1 aromatic carbocycles. The van der Waals surface area contributed by atoms with Gasteiger partial charge in [0.25, 0.3) is 0 Å². The minimum atomic E-state index is -0.959. The molecule has 0 aromatic heterocycles. The van der Waals surface area contributed by atoms with E-state index in [9.17, 15) is 4.79 Å². The lowest BCUT2D eigenvalue weighted by atomic mass is 10.1. The van der Waals surface area contributed by atoms with Gasteiger partial charge in [0.1, 0.15) is 0 Å². The summed E-state index contributed by atoms with van der Waals surface area (Å²) in [5, 5.41) is 12.0. The van der Waals surface area contributed by atoms with Crippen LogP contribution in [0.1, 0.15) is 28.9 Å². The van der Waals surface area contributed by atoms with E-state index < -0.39 is 5.97 Å². The maximum atomic E-state index is 10.6. The first-order valence-electron chi connectivity index (χ1n) is 3.85. The summed E-state index contributed by atoms with van der Waals surface area (Å²) in [6, 6.07) is 6.18. The Labute approximate surface area is 75.7 Å². The number of aromatic carboxylic acids is 1. The maximum Gasteiger partial charge on any atom is 0.335 e. The summed E-state index contributed by atoms with van der Waals surface area (Å²) in [4.78, 5) is 10.6. The molecule has 0 fully saturated rings. The van der Waals surface area contributed by atoms with Crippen LogP contribution in [0.3, 0.4) is 0 Å². The van der Waals surface area contributed by atoms with Gasteiger partial charge in [-0.25, -0.2) is 10.3 Å².